The largest absolute Gasteiger partial charge is 0.444 e. The fourth-order valence-corrected chi connectivity index (χ4v) is 3.82. The molecule has 0 N–H and O–H groups in total. The van der Waals surface area contributed by atoms with Gasteiger partial charge in [-0.1, -0.05) is 48.0 Å². The second kappa shape index (κ2) is 9.70. The topological polar surface area (TPSA) is 62.9 Å². The van der Waals surface area contributed by atoms with Crippen molar-refractivity contribution < 1.29 is 9.53 Å². The molecule has 1 aromatic heterocycles. The summed E-state index contributed by atoms with van der Waals surface area (Å²) in [5.41, 5.74) is 3.30. The zero-order valence-corrected chi connectivity index (χ0v) is 20.2. The van der Waals surface area contributed by atoms with Gasteiger partial charge in [0.1, 0.15) is 11.4 Å². The molecule has 0 spiro atoms. The van der Waals surface area contributed by atoms with E-state index in [4.69, 9.17) is 32.9 Å². The average molecular weight is 476 g/mol. The van der Waals surface area contributed by atoms with E-state index in [2.05, 4.69) is 9.74 Å². The average Bonchev–Trinajstić information content (AvgIpc) is 2.83. The minimum atomic E-state index is -0.518. The van der Waals surface area contributed by atoms with Crippen LogP contribution in [0.4, 0.5) is 16.3 Å². The normalized spacial score (nSPS) is 14.0. The monoisotopic (exact) mass is 475 g/mol. The number of nitrogens with zero attached hydrogens (tertiary/aromatic N) is 5. The zero-order chi connectivity index (χ0) is 24.3. The molecule has 1 saturated heterocycles. The third-order valence-corrected chi connectivity index (χ3v) is 5.65. The lowest BCUT2D eigenvalue weighted by Gasteiger charge is -2.36. The van der Waals surface area contributed by atoms with Gasteiger partial charge in [0.15, 0.2) is 5.69 Å². The molecule has 34 heavy (non-hydrogen) atoms. The highest BCUT2D eigenvalue weighted by atomic mass is 35.5. The number of hydrogen-bond donors (Lipinski definition) is 0. The molecule has 174 valence electrons. The first-order valence-electron chi connectivity index (χ1n) is 11.1. The van der Waals surface area contributed by atoms with Crippen LogP contribution < -0.4 is 4.90 Å². The van der Waals surface area contributed by atoms with E-state index in [9.17, 15) is 4.79 Å². The van der Waals surface area contributed by atoms with Gasteiger partial charge in [-0.15, -0.1) is 0 Å². The number of halogens is 1. The number of piperazine rings is 1. The summed E-state index contributed by atoms with van der Waals surface area (Å²) < 4.78 is 5.50. The van der Waals surface area contributed by atoms with Crippen LogP contribution in [0.1, 0.15) is 20.8 Å². The van der Waals surface area contributed by atoms with Gasteiger partial charge in [0, 0.05) is 36.8 Å². The van der Waals surface area contributed by atoms with Crippen molar-refractivity contribution >= 4 is 29.2 Å². The third kappa shape index (κ3) is 5.46. The second-order valence-corrected chi connectivity index (χ2v) is 9.48. The molecule has 1 aliphatic heterocycles. The molecule has 0 radical (unpaired) electrons. The van der Waals surface area contributed by atoms with Crippen LogP contribution in [-0.4, -0.2) is 52.7 Å². The van der Waals surface area contributed by atoms with Gasteiger partial charge in [-0.05, 0) is 38.5 Å². The highest BCUT2D eigenvalue weighted by Gasteiger charge is 2.27. The number of benzene rings is 2. The van der Waals surface area contributed by atoms with E-state index in [1.807, 2.05) is 57.2 Å². The molecule has 8 heteroatoms. The minimum absolute atomic E-state index is 0.293. The summed E-state index contributed by atoms with van der Waals surface area (Å²) >= 11 is 6.11. The molecule has 0 atom stereocenters. The van der Waals surface area contributed by atoms with E-state index < -0.39 is 5.60 Å². The molecule has 2 heterocycles. The van der Waals surface area contributed by atoms with E-state index >= 15 is 0 Å². The molecule has 0 bridgehead atoms. The van der Waals surface area contributed by atoms with E-state index in [1.54, 1.807) is 23.2 Å². The predicted molar refractivity (Wildman–Crippen MR) is 134 cm³/mol. The summed E-state index contributed by atoms with van der Waals surface area (Å²) in [6, 6.07) is 14.8. The van der Waals surface area contributed by atoms with Gasteiger partial charge in [0.2, 0.25) is 0 Å². The molecule has 2 aromatic carbocycles. The van der Waals surface area contributed by atoms with Crippen molar-refractivity contribution in [3.05, 3.63) is 71.2 Å². The number of amides is 1. The second-order valence-electron chi connectivity index (χ2n) is 9.05. The van der Waals surface area contributed by atoms with Crippen LogP contribution >= 0.6 is 11.6 Å². The number of aromatic nitrogens is 2. The van der Waals surface area contributed by atoms with Crippen molar-refractivity contribution in [3.8, 4) is 22.5 Å². The highest BCUT2D eigenvalue weighted by Crippen LogP contribution is 2.32. The summed E-state index contributed by atoms with van der Waals surface area (Å²) in [5, 5.41) is 0.647. The van der Waals surface area contributed by atoms with E-state index in [1.165, 1.54) is 0 Å². The van der Waals surface area contributed by atoms with Crippen molar-refractivity contribution in [2.24, 2.45) is 0 Å². The van der Waals surface area contributed by atoms with Crippen LogP contribution in [-0.2, 0) is 4.74 Å². The molecule has 4 rings (SSSR count). The molecule has 1 aliphatic rings. The Hall–Kier alpha value is -3.63. The molecule has 0 saturated carbocycles. The standard InChI is InChI=1S/C26H26ClN5O2/c1-26(2,3)34-25(33)32-15-13-31(14-16-32)22-17-29-23(18-7-11-21(28-4)12-8-18)24(30-22)19-5-9-20(27)10-6-19/h5-12,17H,13-16H2,1-3H3. The van der Waals surface area contributed by atoms with Gasteiger partial charge in [-0.25, -0.2) is 14.6 Å². The molecule has 1 fully saturated rings. The zero-order valence-electron chi connectivity index (χ0n) is 19.5. The maximum atomic E-state index is 12.4. The first-order valence-corrected chi connectivity index (χ1v) is 11.4. The number of carbonyl (C=O) groups is 1. The van der Waals surface area contributed by atoms with Crippen LogP contribution in [0.3, 0.4) is 0 Å². The van der Waals surface area contributed by atoms with Gasteiger partial charge in [-0.2, -0.15) is 0 Å². The molecule has 3 aromatic rings. The molecule has 1 amide bonds. The van der Waals surface area contributed by atoms with Crippen molar-refractivity contribution in [2.45, 2.75) is 26.4 Å². The predicted octanol–water partition coefficient (Wildman–Crippen LogP) is 6.07. The van der Waals surface area contributed by atoms with Gasteiger partial charge in [0.25, 0.3) is 0 Å². The van der Waals surface area contributed by atoms with Crippen LogP contribution in [0.15, 0.2) is 54.7 Å². The lowest BCUT2D eigenvalue weighted by Crippen LogP contribution is -2.50. The number of hydrogen-bond acceptors (Lipinski definition) is 5. The Balaban J connectivity index is 1.61. The first kappa shape index (κ1) is 23.5. The summed E-state index contributed by atoms with van der Waals surface area (Å²) in [6.07, 6.45) is 1.47. The maximum Gasteiger partial charge on any atom is 0.410 e. The van der Waals surface area contributed by atoms with Crippen LogP contribution in [0.25, 0.3) is 27.4 Å². The number of rotatable bonds is 3. The smallest absolute Gasteiger partial charge is 0.410 e. The van der Waals surface area contributed by atoms with Gasteiger partial charge in [0.05, 0.1) is 24.2 Å². The van der Waals surface area contributed by atoms with Crippen molar-refractivity contribution in [1.82, 2.24) is 14.9 Å². The highest BCUT2D eigenvalue weighted by molar-refractivity contribution is 6.30. The quantitative estimate of drug-likeness (QED) is 0.430. The van der Waals surface area contributed by atoms with Crippen molar-refractivity contribution in [2.75, 3.05) is 31.1 Å². The van der Waals surface area contributed by atoms with Crippen LogP contribution in [0.2, 0.25) is 5.02 Å². The molecule has 7 nitrogen and oxygen atoms in total. The Labute approximate surface area is 204 Å². The first-order chi connectivity index (χ1) is 16.2. The van der Waals surface area contributed by atoms with Gasteiger partial charge < -0.3 is 14.5 Å². The maximum absolute atomic E-state index is 12.4. The Bertz CT molecular complexity index is 1210. The Morgan fingerprint density at radius 2 is 1.56 bits per heavy atom. The Morgan fingerprint density at radius 1 is 0.971 bits per heavy atom. The minimum Gasteiger partial charge on any atom is -0.444 e. The molecular formula is C26H26ClN5O2. The fraction of sp³-hybridized carbons (Fsp3) is 0.308. The molecule has 0 unspecified atom stereocenters. The summed E-state index contributed by atoms with van der Waals surface area (Å²) in [6.45, 7) is 15.1. The fourth-order valence-electron chi connectivity index (χ4n) is 3.69. The van der Waals surface area contributed by atoms with Crippen LogP contribution in [0.5, 0.6) is 0 Å². The Morgan fingerprint density at radius 3 is 2.15 bits per heavy atom. The SMILES string of the molecule is [C-]#[N+]c1ccc(-c2ncc(N3CCN(C(=O)OC(C)(C)C)CC3)nc2-c2ccc(Cl)cc2)cc1. The Kier molecular flexibility index (Phi) is 6.71. The lowest BCUT2D eigenvalue weighted by molar-refractivity contribution is 0.0240. The molecule has 0 aliphatic carbocycles. The van der Waals surface area contributed by atoms with Gasteiger partial charge in [-0.3, -0.25) is 4.98 Å². The summed E-state index contributed by atoms with van der Waals surface area (Å²) in [5.74, 6) is 0.746. The third-order valence-electron chi connectivity index (χ3n) is 5.40. The van der Waals surface area contributed by atoms with E-state index in [-0.39, 0.29) is 6.09 Å². The summed E-state index contributed by atoms with van der Waals surface area (Å²) in [7, 11) is 0. The van der Waals surface area contributed by atoms with Crippen molar-refractivity contribution in [3.63, 3.8) is 0 Å². The summed E-state index contributed by atoms with van der Waals surface area (Å²) in [4.78, 5) is 29.4. The number of ether oxygens (including phenoxy) is 1. The molecular weight excluding hydrogens is 450 g/mol. The number of anilines is 1. The van der Waals surface area contributed by atoms with Gasteiger partial charge >= 0.3 is 6.09 Å². The number of carbonyl (C=O) groups excluding carboxylic acids is 1. The lowest BCUT2D eigenvalue weighted by atomic mass is 10.0. The van der Waals surface area contributed by atoms with E-state index in [0.717, 1.165) is 28.3 Å². The van der Waals surface area contributed by atoms with Crippen molar-refractivity contribution in [1.29, 1.82) is 0 Å². The van der Waals surface area contributed by atoms with Crippen LogP contribution in [0, 0.1) is 6.57 Å². The van der Waals surface area contributed by atoms with E-state index in [0.29, 0.717) is 36.9 Å².